The van der Waals surface area contributed by atoms with Gasteiger partial charge in [-0.1, -0.05) is 26.0 Å². The smallest absolute Gasteiger partial charge is 0.325 e. The molecule has 0 fully saturated rings. The zero-order chi connectivity index (χ0) is 12.8. The Balaban J connectivity index is 2.78. The Kier molecular flexibility index (Phi) is 4.97. The van der Waals surface area contributed by atoms with E-state index in [4.69, 9.17) is 4.74 Å². The fourth-order valence-electron chi connectivity index (χ4n) is 1.50. The molecule has 2 N–H and O–H groups in total. The van der Waals surface area contributed by atoms with Crippen molar-refractivity contribution < 1.29 is 14.6 Å². The van der Waals surface area contributed by atoms with Gasteiger partial charge in [-0.2, -0.15) is 0 Å². The molecule has 1 atom stereocenters. The first-order valence-electron chi connectivity index (χ1n) is 5.64. The lowest BCUT2D eigenvalue weighted by Gasteiger charge is -2.16. The van der Waals surface area contributed by atoms with Crippen LogP contribution in [0.1, 0.15) is 25.5 Å². The number of hydrogen-bond donors (Lipinski definition) is 2. The first-order valence-corrected chi connectivity index (χ1v) is 5.64. The summed E-state index contributed by atoms with van der Waals surface area (Å²) in [7, 11) is 1.58. The summed E-state index contributed by atoms with van der Waals surface area (Å²) in [6, 6.07) is 6.41. The summed E-state index contributed by atoms with van der Waals surface area (Å²) < 4.78 is 5.04. The van der Waals surface area contributed by atoms with Crippen molar-refractivity contribution in [2.75, 3.05) is 13.7 Å². The molecule has 1 rings (SSSR count). The number of benzene rings is 1. The zero-order valence-corrected chi connectivity index (χ0v) is 10.4. The van der Waals surface area contributed by atoms with E-state index >= 15 is 0 Å². The summed E-state index contributed by atoms with van der Waals surface area (Å²) in [4.78, 5) is 11.2. The summed E-state index contributed by atoms with van der Waals surface area (Å²) >= 11 is 0. The normalized spacial score (nSPS) is 12.5. The van der Waals surface area contributed by atoms with Crippen LogP contribution < -0.4 is 10.1 Å². The van der Waals surface area contributed by atoms with Gasteiger partial charge in [0.25, 0.3) is 0 Å². The Bertz CT molecular complexity index is 359. The minimum absolute atomic E-state index is 0.412. The molecule has 4 heteroatoms. The second kappa shape index (κ2) is 6.25. The highest BCUT2D eigenvalue weighted by Gasteiger charge is 2.19. The van der Waals surface area contributed by atoms with Crippen LogP contribution in [0.5, 0.6) is 5.75 Å². The number of carbonyl (C=O) groups is 1. The molecule has 0 bridgehead atoms. The van der Waals surface area contributed by atoms with Gasteiger partial charge in [-0.3, -0.25) is 4.79 Å². The van der Waals surface area contributed by atoms with Crippen LogP contribution in [-0.4, -0.2) is 24.7 Å². The van der Waals surface area contributed by atoms with E-state index in [2.05, 4.69) is 5.32 Å². The van der Waals surface area contributed by atoms with Gasteiger partial charge >= 0.3 is 5.97 Å². The molecule has 0 spiro atoms. The number of methoxy groups -OCH3 is 1. The van der Waals surface area contributed by atoms with Gasteiger partial charge in [0.2, 0.25) is 0 Å². The average molecular weight is 237 g/mol. The van der Waals surface area contributed by atoms with Crippen LogP contribution in [0.15, 0.2) is 24.3 Å². The predicted octanol–water partition coefficient (Wildman–Crippen LogP) is 2.07. The van der Waals surface area contributed by atoms with E-state index in [1.807, 2.05) is 13.8 Å². The van der Waals surface area contributed by atoms with Gasteiger partial charge < -0.3 is 15.2 Å². The maximum absolute atomic E-state index is 11.2. The number of carboxylic acids is 1. The van der Waals surface area contributed by atoms with Gasteiger partial charge in [0.15, 0.2) is 0 Å². The number of carboxylic acid groups (broad SMARTS) is 1. The highest BCUT2D eigenvalue weighted by molar-refractivity contribution is 5.75. The molecule has 1 aromatic carbocycles. The van der Waals surface area contributed by atoms with Crippen molar-refractivity contribution in [1.29, 1.82) is 0 Å². The van der Waals surface area contributed by atoms with Gasteiger partial charge in [-0.15, -0.1) is 0 Å². The van der Waals surface area contributed by atoms with Gasteiger partial charge in [0.05, 0.1) is 7.11 Å². The molecule has 0 saturated carbocycles. The molecule has 0 saturated heterocycles. The van der Waals surface area contributed by atoms with E-state index in [1.165, 1.54) is 0 Å². The number of nitrogens with one attached hydrogen (secondary N) is 1. The third kappa shape index (κ3) is 4.07. The minimum atomic E-state index is -0.865. The molecule has 0 heterocycles. The van der Waals surface area contributed by atoms with Crippen LogP contribution in [0.3, 0.4) is 0 Å². The molecule has 4 nitrogen and oxygen atoms in total. The van der Waals surface area contributed by atoms with E-state index in [1.54, 1.807) is 31.4 Å². The number of aliphatic carboxylic acids is 1. The maximum atomic E-state index is 11.2. The van der Waals surface area contributed by atoms with Crippen molar-refractivity contribution in [3.63, 3.8) is 0 Å². The summed E-state index contributed by atoms with van der Waals surface area (Å²) in [6.45, 7) is 4.75. The van der Waals surface area contributed by atoms with Gasteiger partial charge in [-0.05, 0) is 30.2 Å². The Morgan fingerprint density at radius 1 is 1.35 bits per heavy atom. The van der Waals surface area contributed by atoms with E-state index in [9.17, 15) is 9.90 Å². The highest BCUT2D eigenvalue weighted by atomic mass is 16.5. The van der Waals surface area contributed by atoms with Crippen molar-refractivity contribution in [2.24, 2.45) is 5.92 Å². The topological polar surface area (TPSA) is 58.6 Å². The molecule has 0 aliphatic heterocycles. The van der Waals surface area contributed by atoms with E-state index < -0.39 is 12.0 Å². The van der Waals surface area contributed by atoms with Crippen molar-refractivity contribution in [1.82, 2.24) is 5.32 Å². The molecular formula is C13H19NO3. The number of rotatable bonds is 6. The monoisotopic (exact) mass is 237 g/mol. The summed E-state index contributed by atoms with van der Waals surface area (Å²) in [5.74, 6) is 0.271. The quantitative estimate of drug-likeness (QED) is 0.795. The van der Waals surface area contributed by atoms with E-state index in [0.29, 0.717) is 12.5 Å². The van der Waals surface area contributed by atoms with Crippen LogP contribution in [0.25, 0.3) is 0 Å². The van der Waals surface area contributed by atoms with Crippen LogP contribution in [0, 0.1) is 5.92 Å². The third-order valence-electron chi connectivity index (χ3n) is 2.43. The van der Waals surface area contributed by atoms with Crippen LogP contribution >= 0.6 is 0 Å². The van der Waals surface area contributed by atoms with Crippen LogP contribution in [0.2, 0.25) is 0 Å². The molecule has 0 amide bonds. The Morgan fingerprint density at radius 3 is 2.35 bits per heavy atom. The molecule has 1 unspecified atom stereocenters. The zero-order valence-electron chi connectivity index (χ0n) is 10.4. The van der Waals surface area contributed by atoms with Gasteiger partial charge in [-0.25, -0.2) is 0 Å². The predicted molar refractivity (Wildman–Crippen MR) is 66.2 cm³/mol. The van der Waals surface area contributed by atoms with Crippen molar-refractivity contribution in [2.45, 2.75) is 19.9 Å². The number of hydrogen-bond acceptors (Lipinski definition) is 3. The average Bonchev–Trinajstić information content (AvgIpc) is 2.29. The van der Waals surface area contributed by atoms with E-state index in [0.717, 1.165) is 11.3 Å². The lowest BCUT2D eigenvalue weighted by atomic mass is 10.1. The number of ether oxygens (including phenoxy) is 1. The lowest BCUT2D eigenvalue weighted by Crippen LogP contribution is -2.31. The fourth-order valence-corrected chi connectivity index (χ4v) is 1.50. The summed E-state index contributed by atoms with van der Waals surface area (Å²) in [5, 5.41) is 12.2. The van der Waals surface area contributed by atoms with Crippen LogP contribution in [0.4, 0.5) is 0 Å². The molecule has 0 aliphatic rings. The molecule has 0 radical (unpaired) electrons. The van der Waals surface area contributed by atoms with Gasteiger partial charge in [0.1, 0.15) is 11.8 Å². The van der Waals surface area contributed by atoms with Crippen molar-refractivity contribution >= 4 is 5.97 Å². The first-order chi connectivity index (χ1) is 8.04. The maximum Gasteiger partial charge on any atom is 0.325 e. The molecule has 1 aromatic rings. The molecule has 0 aromatic heterocycles. The molecular weight excluding hydrogens is 218 g/mol. The van der Waals surface area contributed by atoms with Gasteiger partial charge in [0, 0.05) is 0 Å². The molecule has 17 heavy (non-hydrogen) atoms. The SMILES string of the molecule is COc1ccc(C(NCC(C)C)C(=O)O)cc1. The Hall–Kier alpha value is -1.55. The third-order valence-corrected chi connectivity index (χ3v) is 2.43. The molecule has 0 aliphatic carbocycles. The second-order valence-corrected chi connectivity index (χ2v) is 4.35. The van der Waals surface area contributed by atoms with E-state index in [-0.39, 0.29) is 0 Å². The lowest BCUT2D eigenvalue weighted by molar-refractivity contribution is -0.139. The van der Waals surface area contributed by atoms with Crippen LogP contribution in [-0.2, 0) is 4.79 Å². The highest BCUT2D eigenvalue weighted by Crippen LogP contribution is 2.18. The van der Waals surface area contributed by atoms with Crippen molar-refractivity contribution in [3.8, 4) is 5.75 Å². The fraction of sp³-hybridized carbons (Fsp3) is 0.462. The summed E-state index contributed by atoms with van der Waals surface area (Å²) in [6.07, 6.45) is 0. The Morgan fingerprint density at radius 2 is 1.94 bits per heavy atom. The molecule has 94 valence electrons. The van der Waals surface area contributed by atoms with Crippen molar-refractivity contribution in [3.05, 3.63) is 29.8 Å². The second-order valence-electron chi connectivity index (χ2n) is 4.35. The largest absolute Gasteiger partial charge is 0.497 e. The first kappa shape index (κ1) is 13.5. The minimum Gasteiger partial charge on any atom is -0.497 e. The summed E-state index contributed by atoms with van der Waals surface area (Å²) in [5.41, 5.74) is 0.735. The Labute approximate surface area is 102 Å². The standard InChI is InChI=1S/C13H19NO3/c1-9(2)8-14-12(13(15)16)10-4-6-11(17-3)7-5-10/h4-7,9,12,14H,8H2,1-3H3,(H,15,16).